The van der Waals surface area contributed by atoms with Crippen LogP contribution in [0.5, 0.6) is 5.75 Å². The lowest BCUT2D eigenvalue weighted by Crippen LogP contribution is -2.60. The third-order valence-corrected chi connectivity index (χ3v) is 6.87. The zero-order chi connectivity index (χ0) is 17.4. The highest BCUT2D eigenvalue weighted by Crippen LogP contribution is 2.55. The van der Waals surface area contributed by atoms with Gasteiger partial charge in [0.2, 0.25) is 0 Å². The van der Waals surface area contributed by atoms with Crippen molar-refractivity contribution >= 4 is 23.2 Å². The zero-order valence-corrected chi connectivity index (χ0v) is 16.0. The van der Waals surface area contributed by atoms with Gasteiger partial charge in [0.25, 0.3) is 0 Å². The molecule has 3 nitrogen and oxygen atoms in total. The van der Waals surface area contributed by atoms with Crippen LogP contribution in [0.15, 0.2) is 18.2 Å². The number of ether oxygens (including phenoxy) is 1. The van der Waals surface area contributed by atoms with Gasteiger partial charge >= 0.3 is 0 Å². The molecule has 4 saturated carbocycles. The molecule has 2 N–H and O–H groups in total. The Kier molecular flexibility index (Phi) is 5.20. The summed E-state index contributed by atoms with van der Waals surface area (Å²) in [6.07, 6.45) is 7.79. The molecule has 2 unspecified atom stereocenters. The number of unbranched alkanes of at least 4 members (excludes halogenated alkanes) is 1. The molecule has 5 heteroatoms. The molecular weight excluding hydrogens is 357 g/mol. The smallest absolute Gasteiger partial charge is 0.137 e. The summed E-state index contributed by atoms with van der Waals surface area (Å²) in [5, 5.41) is 15.6. The molecule has 5 rings (SSSR count). The van der Waals surface area contributed by atoms with E-state index in [4.69, 9.17) is 27.9 Å². The number of hydrogen-bond donors (Lipinski definition) is 2. The van der Waals surface area contributed by atoms with Crippen molar-refractivity contribution in [3.63, 3.8) is 0 Å². The van der Waals surface area contributed by atoms with Crippen molar-refractivity contribution in [2.75, 3.05) is 13.2 Å². The summed E-state index contributed by atoms with van der Waals surface area (Å²) in [6.45, 7) is 1.70. The molecule has 25 heavy (non-hydrogen) atoms. The molecule has 4 fully saturated rings. The Balaban J connectivity index is 1.17. The lowest BCUT2D eigenvalue weighted by atomic mass is 9.52. The Morgan fingerprint density at radius 2 is 1.88 bits per heavy atom. The quantitative estimate of drug-likeness (QED) is 0.671. The third-order valence-electron chi connectivity index (χ3n) is 6.34. The average Bonchev–Trinajstić information content (AvgIpc) is 2.53. The van der Waals surface area contributed by atoms with Gasteiger partial charge in [0.05, 0.1) is 17.2 Å². The zero-order valence-electron chi connectivity index (χ0n) is 14.5. The summed E-state index contributed by atoms with van der Waals surface area (Å²) in [4.78, 5) is 0. The monoisotopic (exact) mass is 383 g/mol. The van der Waals surface area contributed by atoms with E-state index in [1.165, 1.54) is 12.8 Å². The topological polar surface area (TPSA) is 41.5 Å². The van der Waals surface area contributed by atoms with Crippen LogP contribution >= 0.6 is 23.2 Å². The van der Waals surface area contributed by atoms with Crippen molar-refractivity contribution < 1.29 is 9.84 Å². The van der Waals surface area contributed by atoms with Crippen LogP contribution in [0.25, 0.3) is 0 Å². The minimum Gasteiger partial charge on any atom is -0.492 e. The first-order valence-corrected chi connectivity index (χ1v) is 10.3. The van der Waals surface area contributed by atoms with E-state index in [0.717, 1.165) is 44.6 Å². The normalized spacial score (nSPS) is 36.0. The standard InChI is InChI=1S/C20H27Cl2NO2/c21-16-3-4-18(17(22)9-16)25-6-2-1-5-23-19-14-7-13-8-15(19)12-20(24,10-13)11-14/h3-4,9,13-15,19,23-24H,1-2,5-8,10-12H2. The lowest BCUT2D eigenvalue weighted by molar-refractivity contribution is -0.138. The lowest BCUT2D eigenvalue weighted by Gasteiger charge is -2.58. The maximum absolute atomic E-state index is 10.6. The molecule has 0 saturated heterocycles. The van der Waals surface area contributed by atoms with E-state index >= 15 is 0 Å². The van der Waals surface area contributed by atoms with Gasteiger partial charge in [-0.05, 0) is 87.4 Å². The molecule has 0 radical (unpaired) electrons. The summed E-state index contributed by atoms with van der Waals surface area (Å²) >= 11 is 12.0. The molecule has 4 bridgehead atoms. The van der Waals surface area contributed by atoms with Gasteiger partial charge in [-0.1, -0.05) is 23.2 Å². The Morgan fingerprint density at radius 3 is 2.56 bits per heavy atom. The maximum Gasteiger partial charge on any atom is 0.137 e. The third kappa shape index (κ3) is 3.95. The minimum atomic E-state index is -0.333. The Morgan fingerprint density at radius 1 is 1.12 bits per heavy atom. The first-order chi connectivity index (χ1) is 12.0. The number of nitrogens with one attached hydrogen (secondary N) is 1. The summed E-state index contributed by atoms with van der Waals surface area (Å²) in [5.41, 5.74) is -0.333. The van der Waals surface area contributed by atoms with Crippen LogP contribution in [0.2, 0.25) is 10.0 Å². The molecular formula is C20H27Cl2NO2. The first kappa shape index (κ1) is 17.9. The molecule has 0 spiro atoms. The van der Waals surface area contributed by atoms with Crippen molar-refractivity contribution in [3.05, 3.63) is 28.2 Å². The molecule has 2 atom stereocenters. The highest BCUT2D eigenvalue weighted by Gasteiger charge is 2.54. The summed E-state index contributed by atoms with van der Waals surface area (Å²) in [6, 6.07) is 5.94. The maximum atomic E-state index is 10.6. The molecule has 4 aliphatic rings. The van der Waals surface area contributed by atoms with Crippen LogP contribution in [0.3, 0.4) is 0 Å². The van der Waals surface area contributed by atoms with E-state index in [1.807, 2.05) is 6.07 Å². The number of halogens is 2. The van der Waals surface area contributed by atoms with Crippen molar-refractivity contribution in [1.29, 1.82) is 0 Å². The molecule has 0 amide bonds. The van der Waals surface area contributed by atoms with E-state index < -0.39 is 0 Å². The van der Waals surface area contributed by atoms with Crippen LogP contribution in [-0.4, -0.2) is 29.9 Å². The molecule has 0 heterocycles. The fourth-order valence-corrected chi connectivity index (χ4v) is 6.05. The number of benzene rings is 1. The highest BCUT2D eigenvalue weighted by molar-refractivity contribution is 6.35. The number of hydrogen-bond acceptors (Lipinski definition) is 3. The largest absolute Gasteiger partial charge is 0.492 e. The first-order valence-electron chi connectivity index (χ1n) is 9.56. The minimum absolute atomic E-state index is 0.333. The van der Waals surface area contributed by atoms with Crippen LogP contribution < -0.4 is 10.1 Å². The fraction of sp³-hybridized carbons (Fsp3) is 0.700. The van der Waals surface area contributed by atoms with Gasteiger partial charge < -0.3 is 15.2 Å². The van der Waals surface area contributed by atoms with Crippen molar-refractivity contribution in [2.24, 2.45) is 17.8 Å². The van der Waals surface area contributed by atoms with E-state index in [9.17, 15) is 5.11 Å². The van der Waals surface area contributed by atoms with Crippen LogP contribution in [0.4, 0.5) is 0 Å². The summed E-state index contributed by atoms with van der Waals surface area (Å²) < 4.78 is 5.74. The average molecular weight is 384 g/mol. The van der Waals surface area contributed by atoms with E-state index in [-0.39, 0.29) is 5.60 Å². The molecule has 4 aliphatic carbocycles. The highest BCUT2D eigenvalue weighted by atomic mass is 35.5. The number of aliphatic hydroxyl groups is 1. The van der Waals surface area contributed by atoms with E-state index in [2.05, 4.69) is 5.32 Å². The number of rotatable bonds is 7. The Hall–Kier alpha value is -0.480. The fourth-order valence-electron chi connectivity index (χ4n) is 5.58. The predicted octanol–water partition coefficient (Wildman–Crippen LogP) is 4.68. The predicted molar refractivity (Wildman–Crippen MR) is 101 cm³/mol. The Bertz CT molecular complexity index is 608. The second-order valence-corrected chi connectivity index (χ2v) is 9.15. The van der Waals surface area contributed by atoms with Gasteiger partial charge in [-0.15, -0.1) is 0 Å². The Labute approximate surface area is 160 Å². The molecule has 0 aromatic heterocycles. The van der Waals surface area contributed by atoms with Crippen molar-refractivity contribution in [1.82, 2.24) is 5.32 Å². The molecule has 138 valence electrons. The van der Waals surface area contributed by atoms with E-state index in [1.54, 1.807) is 12.1 Å². The van der Waals surface area contributed by atoms with Gasteiger partial charge in [-0.25, -0.2) is 0 Å². The van der Waals surface area contributed by atoms with Crippen molar-refractivity contribution in [2.45, 2.75) is 56.6 Å². The van der Waals surface area contributed by atoms with Gasteiger partial charge in [0.1, 0.15) is 5.75 Å². The summed E-state index contributed by atoms with van der Waals surface area (Å²) in [7, 11) is 0. The summed E-state index contributed by atoms with van der Waals surface area (Å²) in [5.74, 6) is 2.84. The van der Waals surface area contributed by atoms with Crippen LogP contribution in [0.1, 0.15) is 44.9 Å². The van der Waals surface area contributed by atoms with E-state index in [0.29, 0.717) is 40.3 Å². The molecule has 0 aliphatic heterocycles. The second-order valence-electron chi connectivity index (χ2n) is 8.30. The van der Waals surface area contributed by atoms with Gasteiger partial charge in [0.15, 0.2) is 0 Å². The van der Waals surface area contributed by atoms with Crippen LogP contribution in [-0.2, 0) is 0 Å². The van der Waals surface area contributed by atoms with Crippen LogP contribution in [0, 0.1) is 17.8 Å². The molecule has 1 aromatic carbocycles. The second kappa shape index (κ2) is 7.26. The van der Waals surface area contributed by atoms with Gasteiger partial charge in [-0.2, -0.15) is 0 Å². The SMILES string of the molecule is OC12CC3CC(C1)C(NCCCCOc1ccc(Cl)cc1Cl)C(C3)C2. The van der Waals surface area contributed by atoms with Crippen molar-refractivity contribution in [3.8, 4) is 5.75 Å². The molecule has 1 aromatic rings. The van der Waals surface area contributed by atoms with Gasteiger partial charge in [0, 0.05) is 11.1 Å². The van der Waals surface area contributed by atoms with Gasteiger partial charge in [-0.3, -0.25) is 0 Å².